The molecule has 0 spiro atoms. The number of esters is 1. The summed E-state index contributed by atoms with van der Waals surface area (Å²) in [5.74, 6) is -0.603. The van der Waals surface area contributed by atoms with Crippen LogP contribution in [-0.2, 0) is 27.9 Å². The Morgan fingerprint density at radius 3 is 1.32 bits per heavy atom. The number of phosphoric acid groups is 1. The highest BCUT2D eigenvalue weighted by molar-refractivity contribution is 7.47. The van der Waals surface area contributed by atoms with Gasteiger partial charge in [-0.05, 0) is 89.5 Å². The molecule has 2 N–H and O–H groups in total. The van der Waals surface area contributed by atoms with E-state index < -0.39 is 20.0 Å². The number of unbranched alkanes of at least 4 members (excludes halogenated alkanes) is 26. The van der Waals surface area contributed by atoms with E-state index in [2.05, 4.69) is 92.9 Å². The fourth-order valence-corrected chi connectivity index (χ4v) is 9.13. The van der Waals surface area contributed by atoms with Crippen LogP contribution in [0.3, 0.4) is 0 Å². The van der Waals surface area contributed by atoms with Gasteiger partial charge in [-0.3, -0.25) is 18.6 Å². The average molecular weight is 1060 g/mol. The molecule has 0 radical (unpaired) electrons. The highest BCUT2D eigenvalue weighted by atomic mass is 31.2. The summed E-state index contributed by atoms with van der Waals surface area (Å²) < 4.78 is 30.6. The number of ether oxygens (including phenoxy) is 1. The molecule has 10 heteroatoms. The SMILES string of the molecule is CC/C=C/C/C=C/C/C=C/C/C=C/C/C=C/CCC(=O)NC(COP(=O)(O)OCC[N+](C)(C)C)C(/C=C/CCCCCCCCCCCCC)OC(=O)CCCCCCCCCCC/C=C/CCCCCCCC. The van der Waals surface area contributed by atoms with Gasteiger partial charge in [-0.25, -0.2) is 4.57 Å². The van der Waals surface area contributed by atoms with Gasteiger partial charge in [0.1, 0.15) is 19.3 Å². The molecule has 74 heavy (non-hydrogen) atoms. The van der Waals surface area contributed by atoms with Crippen molar-refractivity contribution in [1.29, 1.82) is 0 Å². The standard InChI is InChI=1S/C64H115N2O7P/c1-7-10-13-16-19-22-25-28-30-32-33-34-36-39-42-45-48-51-54-57-64(68)73-62(55-52-49-46-43-40-37-27-24-21-18-15-12-9-3)61(60-72-74(69,70)71-59-58-66(4,5)6)65-63(67)56-53-50-47-44-41-38-35-31-29-26-23-20-17-14-11-8-2/h11,14,20,23,28-31,38,41,47,50,52,55,61-62H,7-10,12-13,15-19,21-22,24-27,32-37,39-40,42-46,48-49,51,53-54,56-60H2,1-6H3,(H-,65,67,69,70)/p+1/b14-11+,23-20+,30-28+,31-29+,41-38+,50-47+,55-52+. The monoisotopic (exact) mass is 1060 g/mol. The maximum Gasteiger partial charge on any atom is 0.472 e. The predicted molar refractivity (Wildman–Crippen MR) is 318 cm³/mol. The second kappa shape index (κ2) is 53.6. The summed E-state index contributed by atoms with van der Waals surface area (Å²) in [6, 6.07) is -0.892. The maximum absolute atomic E-state index is 13.5. The van der Waals surface area contributed by atoms with Crippen molar-refractivity contribution in [2.45, 2.75) is 270 Å². The zero-order chi connectivity index (χ0) is 54.3. The zero-order valence-corrected chi connectivity index (χ0v) is 49.7. The summed E-state index contributed by atoms with van der Waals surface area (Å²) in [7, 11) is 1.44. The van der Waals surface area contributed by atoms with E-state index in [0.717, 1.165) is 70.6 Å². The summed E-state index contributed by atoms with van der Waals surface area (Å²) in [5, 5.41) is 3.00. The van der Waals surface area contributed by atoms with Crippen LogP contribution in [0.25, 0.3) is 0 Å². The van der Waals surface area contributed by atoms with E-state index in [1.807, 2.05) is 39.4 Å². The van der Waals surface area contributed by atoms with Crippen LogP contribution >= 0.6 is 7.82 Å². The lowest BCUT2D eigenvalue weighted by Crippen LogP contribution is -2.47. The molecule has 0 aliphatic carbocycles. The van der Waals surface area contributed by atoms with Crippen molar-refractivity contribution in [2.75, 3.05) is 40.9 Å². The molecule has 0 bridgehead atoms. The lowest BCUT2D eigenvalue weighted by molar-refractivity contribution is -0.870. The van der Waals surface area contributed by atoms with Crippen LogP contribution in [0.1, 0.15) is 258 Å². The third kappa shape index (κ3) is 54.0. The minimum absolute atomic E-state index is 0.0239. The number of phosphoric ester groups is 1. The Balaban J connectivity index is 5.40. The molecule has 9 nitrogen and oxygen atoms in total. The summed E-state index contributed by atoms with van der Waals surface area (Å²) in [6.45, 7) is 6.84. The van der Waals surface area contributed by atoms with Crippen LogP contribution in [0.15, 0.2) is 85.1 Å². The first kappa shape index (κ1) is 71.2. The van der Waals surface area contributed by atoms with Gasteiger partial charge in [0.05, 0.1) is 33.8 Å². The average Bonchev–Trinajstić information content (AvgIpc) is 3.36. The second-order valence-electron chi connectivity index (χ2n) is 21.5. The molecule has 0 saturated heterocycles. The van der Waals surface area contributed by atoms with E-state index in [1.54, 1.807) is 0 Å². The molecule has 428 valence electrons. The van der Waals surface area contributed by atoms with Gasteiger partial charge >= 0.3 is 13.8 Å². The van der Waals surface area contributed by atoms with Gasteiger partial charge in [0.25, 0.3) is 0 Å². The Morgan fingerprint density at radius 1 is 0.486 bits per heavy atom. The van der Waals surface area contributed by atoms with Gasteiger partial charge in [0, 0.05) is 12.8 Å². The first-order valence-electron chi connectivity index (χ1n) is 30.4. The smallest absolute Gasteiger partial charge is 0.456 e. The minimum atomic E-state index is -4.47. The number of likely N-dealkylation sites (N-methyl/N-ethyl adjacent to an activating group) is 1. The van der Waals surface area contributed by atoms with Crippen molar-refractivity contribution < 1.29 is 37.3 Å². The summed E-state index contributed by atoms with van der Waals surface area (Å²) >= 11 is 0. The molecular weight excluding hydrogens is 940 g/mol. The third-order valence-corrected chi connectivity index (χ3v) is 14.1. The first-order chi connectivity index (χ1) is 35.9. The molecule has 0 rings (SSSR count). The maximum atomic E-state index is 13.5. The van der Waals surface area contributed by atoms with E-state index in [-0.39, 0.29) is 37.9 Å². The molecule has 3 atom stereocenters. The minimum Gasteiger partial charge on any atom is -0.456 e. The number of nitrogens with one attached hydrogen (secondary N) is 1. The lowest BCUT2D eigenvalue weighted by Gasteiger charge is -2.27. The number of nitrogens with zero attached hydrogens (tertiary/aromatic N) is 1. The number of carbonyl (C=O) groups is 2. The number of allylic oxidation sites excluding steroid dienone is 13. The topological polar surface area (TPSA) is 111 Å². The summed E-state index contributed by atoms with van der Waals surface area (Å²) in [5.41, 5.74) is 0. The number of rotatable bonds is 54. The third-order valence-electron chi connectivity index (χ3n) is 13.1. The molecule has 1 amide bonds. The van der Waals surface area contributed by atoms with Crippen LogP contribution in [0.4, 0.5) is 0 Å². The fourth-order valence-electron chi connectivity index (χ4n) is 8.39. The Hall–Kier alpha value is -2.81. The van der Waals surface area contributed by atoms with Gasteiger partial charge < -0.3 is 19.4 Å². The van der Waals surface area contributed by atoms with Crippen LogP contribution < -0.4 is 5.32 Å². The Morgan fingerprint density at radius 2 is 0.878 bits per heavy atom. The quantitative estimate of drug-likeness (QED) is 0.0205. The van der Waals surface area contributed by atoms with E-state index in [0.29, 0.717) is 17.4 Å². The Bertz CT molecular complexity index is 1540. The normalized spacial score (nSPS) is 14.3. The molecule has 3 unspecified atom stereocenters. The summed E-state index contributed by atoms with van der Waals surface area (Å²) in [4.78, 5) is 37.6. The predicted octanol–water partition coefficient (Wildman–Crippen LogP) is 18.6. The van der Waals surface area contributed by atoms with E-state index in [9.17, 15) is 19.0 Å². The summed E-state index contributed by atoms with van der Waals surface area (Å²) in [6.07, 6.45) is 70.3. The fraction of sp³-hybridized carbons (Fsp3) is 0.750. The number of amides is 1. The number of hydrogen-bond donors (Lipinski definition) is 2. The molecule has 0 saturated carbocycles. The van der Waals surface area contributed by atoms with Gasteiger partial charge in [-0.2, -0.15) is 0 Å². The van der Waals surface area contributed by atoms with Crippen LogP contribution in [-0.4, -0.2) is 74.3 Å². The van der Waals surface area contributed by atoms with Gasteiger partial charge in [-0.15, -0.1) is 0 Å². The van der Waals surface area contributed by atoms with Crippen LogP contribution in [0, 0.1) is 0 Å². The van der Waals surface area contributed by atoms with Gasteiger partial charge in [0.2, 0.25) is 5.91 Å². The number of carbonyl (C=O) groups excluding carboxylic acids is 2. The molecule has 0 fully saturated rings. The highest BCUT2D eigenvalue weighted by Crippen LogP contribution is 2.43. The molecule has 0 aromatic carbocycles. The largest absolute Gasteiger partial charge is 0.472 e. The molecule has 0 aromatic rings. The van der Waals surface area contributed by atoms with Gasteiger partial charge in [0.15, 0.2) is 0 Å². The Labute approximate surface area is 456 Å². The molecule has 0 aliphatic heterocycles. The van der Waals surface area contributed by atoms with E-state index in [4.69, 9.17) is 13.8 Å². The number of hydrogen-bond acceptors (Lipinski definition) is 6. The lowest BCUT2D eigenvalue weighted by atomic mass is 10.0. The van der Waals surface area contributed by atoms with E-state index in [1.165, 1.54) is 148 Å². The van der Waals surface area contributed by atoms with Crippen molar-refractivity contribution in [1.82, 2.24) is 5.32 Å². The Kier molecular flexibility index (Phi) is 51.5. The van der Waals surface area contributed by atoms with E-state index >= 15 is 0 Å². The van der Waals surface area contributed by atoms with Crippen molar-refractivity contribution in [3.63, 3.8) is 0 Å². The van der Waals surface area contributed by atoms with Crippen molar-refractivity contribution in [3.8, 4) is 0 Å². The van der Waals surface area contributed by atoms with Crippen molar-refractivity contribution >= 4 is 19.7 Å². The van der Waals surface area contributed by atoms with Crippen molar-refractivity contribution in [2.24, 2.45) is 0 Å². The van der Waals surface area contributed by atoms with Crippen LogP contribution in [0.5, 0.6) is 0 Å². The van der Waals surface area contributed by atoms with Crippen LogP contribution in [0.2, 0.25) is 0 Å². The van der Waals surface area contributed by atoms with Gasteiger partial charge in [-0.1, -0.05) is 241 Å². The van der Waals surface area contributed by atoms with Crippen molar-refractivity contribution in [3.05, 3.63) is 85.1 Å². The molecule has 0 aliphatic rings. The highest BCUT2D eigenvalue weighted by Gasteiger charge is 2.30. The molecular formula is C64H116N2O7P+. The molecule has 0 aromatic heterocycles. The number of quaternary nitrogens is 1. The zero-order valence-electron chi connectivity index (χ0n) is 48.8. The first-order valence-corrected chi connectivity index (χ1v) is 31.9. The second-order valence-corrected chi connectivity index (χ2v) is 22.9. The molecule has 0 heterocycles.